The fourth-order valence-corrected chi connectivity index (χ4v) is 2.84. The summed E-state index contributed by atoms with van der Waals surface area (Å²) < 4.78 is 5.72. The Morgan fingerprint density at radius 1 is 0.679 bits per heavy atom. The van der Waals surface area contributed by atoms with Gasteiger partial charge >= 0.3 is 0 Å². The van der Waals surface area contributed by atoms with E-state index in [0.29, 0.717) is 16.9 Å². The molecule has 0 saturated heterocycles. The van der Waals surface area contributed by atoms with Crippen molar-refractivity contribution in [1.82, 2.24) is 0 Å². The number of ether oxygens (including phenoxy) is 1. The quantitative estimate of drug-likeness (QED) is 0.380. The number of hydrogen-bond donors (Lipinski definition) is 0. The van der Waals surface area contributed by atoms with Crippen molar-refractivity contribution < 1.29 is 14.3 Å². The molecule has 0 heterocycles. The highest BCUT2D eigenvalue weighted by Gasteiger charge is 2.16. The van der Waals surface area contributed by atoms with Crippen molar-refractivity contribution in [3.63, 3.8) is 0 Å². The molecule has 3 aromatic carbocycles. The molecular formula is C25H24O3. The zero-order chi connectivity index (χ0) is 20.1. The van der Waals surface area contributed by atoms with Gasteiger partial charge in [0.15, 0.2) is 11.6 Å². The fraction of sp³-hybridized carbons (Fsp3) is 0.200. The maximum absolute atomic E-state index is 12.5. The average Bonchev–Trinajstić information content (AvgIpc) is 2.68. The molecule has 0 saturated carbocycles. The van der Waals surface area contributed by atoms with Gasteiger partial charge in [0.25, 0.3) is 0 Å². The van der Waals surface area contributed by atoms with Gasteiger partial charge in [-0.2, -0.15) is 0 Å². The second-order valence-corrected chi connectivity index (χ2v) is 7.79. The van der Waals surface area contributed by atoms with Crippen LogP contribution >= 0.6 is 0 Å². The van der Waals surface area contributed by atoms with Gasteiger partial charge in [-0.25, -0.2) is 0 Å². The first-order valence-electron chi connectivity index (χ1n) is 9.33. The molecule has 28 heavy (non-hydrogen) atoms. The number of carbonyl (C=O) groups excluding carboxylic acids is 2. The minimum absolute atomic E-state index is 0.0287. The molecule has 142 valence electrons. The Hall–Kier alpha value is -3.20. The van der Waals surface area contributed by atoms with Gasteiger partial charge in [-0.1, -0.05) is 63.2 Å². The Morgan fingerprint density at radius 2 is 1.14 bits per heavy atom. The summed E-state index contributed by atoms with van der Waals surface area (Å²) in [5.41, 5.74) is 2.25. The summed E-state index contributed by atoms with van der Waals surface area (Å²) in [5.74, 6) is 1.01. The molecule has 3 heteroatoms. The summed E-state index contributed by atoms with van der Waals surface area (Å²) in [4.78, 5) is 24.9. The summed E-state index contributed by atoms with van der Waals surface area (Å²) in [6, 6.07) is 23.8. The highest BCUT2D eigenvalue weighted by Crippen LogP contribution is 2.24. The SMILES string of the molecule is CC(C)(C)c1ccc(C(=O)CC(=O)c2ccc(Oc3ccccc3)cc2)cc1. The summed E-state index contributed by atoms with van der Waals surface area (Å²) in [7, 11) is 0. The van der Waals surface area contributed by atoms with Crippen molar-refractivity contribution in [3.05, 3.63) is 95.6 Å². The highest BCUT2D eigenvalue weighted by molar-refractivity contribution is 6.13. The molecule has 0 spiro atoms. The lowest BCUT2D eigenvalue weighted by Crippen LogP contribution is -2.12. The lowest BCUT2D eigenvalue weighted by atomic mass is 9.86. The highest BCUT2D eigenvalue weighted by atomic mass is 16.5. The van der Waals surface area contributed by atoms with Crippen molar-refractivity contribution in [2.24, 2.45) is 0 Å². The minimum Gasteiger partial charge on any atom is -0.457 e. The Kier molecular flexibility index (Phi) is 5.74. The third kappa shape index (κ3) is 4.95. The minimum atomic E-state index is -0.198. The van der Waals surface area contributed by atoms with Gasteiger partial charge in [-0.15, -0.1) is 0 Å². The molecule has 0 amide bonds. The van der Waals surface area contributed by atoms with Crippen LogP contribution in [0.2, 0.25) is 0 Å². The van der Waals surface area contributed by atoms with Crippen LogP contribution in [-0.4, -0.2) is 11.6 Å². The Balaban J connectivity index is 1.63. The van der Waals surface area contributed by atoms with Gasteiger partial charge in [-0.3, -0.25) is 9.59 Å². The van der Waals surface area contributed by atoms with E-state index in [2.05, 4.69) is 20.8 Å². The summed E-state index contributed by atoms with van der Waals surface area (Å²) in [5, 5.41) is 0. The largest absolute Gasteiger partial charge is 0.457 e. The fourth-order valence-electron chi connectivity index (χ4n) is 2.84. The van der Waals surface area contributed by atoms with E-state index in [1.807, 2.05) is 42.5 Å². The molecular weight excluding hydrogens is 348 g/mol. The molecule has 3 aromatic rings. The predicted octanol–water partition coefficient (Wildman–Crippen LogP) is 6.23. The number of rotatable bonds is 6. The van der Waals surface area contributed by atoms with Crippen molar-refractivity contribution in [3.8, 4) is 11.5 Å². The number of Topliss-reactive ketones (excluding diaryl/α,β-unsaturated/α-hetero) is 2. The van der Waals surface area contributed by atoms with Crippen LogP contribution in [0, 0.1) is 0 Å². The van der Waals surface area contributed by atoms with Crippen LogP contribution in [0.1, 0.15) is 53.5 Å². The van der Waals surface area contributed by atoms with Gasteiger partial charge in [0, 0.05) is 11.1 Å². The Labute approximate surface area is 166 Å². The maximum atomic E-state index is 12.5. The number of benzene rings is 3. The maximum Gasteiger partial charge on any atom is 0.170 e. The topological polar surface area (TPSA) is 43.4 Å². The summed E-state index contributed by atoms with van der Waals surface area (Å²) >= 11 is 0. The third-order valence-corrected chi connectivity index (χ3v) is 4.55. The molecule has 0 unspecified atom stereocenters. The summed E-state index contributed by atoms with van der Waals surface area (Å²) in [6.07, 6.45) is -0.145. The molecule has 3 nitrogen and oxygen atoms in total. The summed E-state index contributed by atoms with van der Waals surface area (Å²) in [6.45, 7) is 6.37. The average molecular weight is 372 g/mol. The normalized spacial score (nSPS) is 11.1. The van der Waals surface area contributed by atoms with E-state index >= 15 is 0 Å². The first-order chi connectivity index (χ1) is 13.3. The Morgan fingerprint density at radius 3 is 1.64 bits per heavy atom. The van der Waals surface area contributed by atoms with E-state index in [1.54, 1.807) is 36.4 Å². The lowest BCUT2D eigenvalue weighted by molar-refractivity contribution is 0.0894. The molecule has 0 bridgehead atoms. The molecule has 3 rings (SSSR count). The second kappa shape index (κ2) is 8.22. The van der Waals surface area contributed by atoms with Crippen LogP contribution in [0.3, 0.4) is 0 Å². The monoisotopic (exact) mass is 372 g/mol. The van der Waals surface area contributed by atoms with Crippen molar-refractivity contribution in [2.75, 3.05) is 0 Å². The molecule has 0 aliphatic heterocycles. The molecule has 0 aliphatic rings. The smallest absolute Gasteiger partial charge is 0.170 e. The van der Waals surface area contributed by atoms with E-state index in [4.69, 9.17) is 4.74 Å². The number of hydrogen-bond acceptors (Lipinski definition) is 3. The van der Waals surface area contributed by atoms with Gasteiger partial charge in [0.05, 0.1) is 6.42 Å². The van der Waals surface area contributed by atoms with Crippen LogP contribution < -0.4 is 4.74 Å². The molecule has 0 N–H and O–H groups in total. The zero-order valence-electron chi connectivity index (χ0n) is 16.4. The van der Waals surface area contributed by atoms with Crippen molar-refractivity contribution in [1.29, 1.82) is 0 Å². The predicted molar refractivity (Wildman–Crippen MR) is 111 cm³/mol. The number of para-hydroxylation sites is 1. The molecule has 0 aromatic heterocycles. The van der Waals surface area contributed by atoms with E-state index in [1.165, 1.54) is 0 Å². The lowest BCUT2D eigenvalue weighted by Gasteiger charge is -2.18. The van der Waals surface area contributed by atoms with Crippen LogP contribution in [0.25, 0.3) is 0 Å². The van der Waals surface area contributed by atoms with Crippen molar-refractivity contribution >= 4 is 11.6 Å². The molecule has 0 fully saturated rings. The van der Waals surface area contributed by atoms with Gasteiger partial charge < -0.3 is 4.74 Å². The first-order valence-corrected chi connectivity index (χ1v) is 9.33. The van der Waals surface area contributed by atoms with Gasteiger partial charge in [0.2, 0.25) is 0 Å². The van der Waals surface area contributed by atoms with E-state index < -0.39 is 0 Å². The second-order valence-electron chi connectivity index (χ2n) is 7.79. The van der Waals surface area contributed by atoms with Gasteiger partial charge in [0.1, 0.15) is 11.5 Å². The van der Waals surface area contributed by atoms with Crippen LogP contribution in [-0.2, 0) is 5.41 Å². The van der Waals surface area contributed by atoms with E-state index in [9.17, 15) is 9.59 Å². The molecule has 0 radical (unpaired) electrons. The van der Waals surface area contributed by atoms with Crippen LogP contribution in [0.15, 0.2) is 78.9 Å². The van der Waals surface area contributed by atoms with Crippen LogP contribution in [0.5, 0.6) is 11.5 Å². The standard InChI is InChI=1S/C25H24O3/c1-25(2,3)20-13-9-18(10-14-20)23(26)17-24(27)19-11-15-22(16-12-19)28-21-7-5-4-6-8-21/h4-16H,17H2,1-3H3. The van der Waals surface area contributed by atoms with Gasteiger partial charge in [-0.05, 0) is 47.4 Å². The van der Waals surface area contributed by atoms with Crippen LogP contribution in [0.4, 0.5) is 0 Å². The van der Waals surface area contributed by atoms with E-state index in [-0.39, 0.29) is 23.4 Å². The molecule has 0 atom stereocenters. The number of carbonyl (C=O) groups is 2. The number of ketones is 2. The first kappa shape index (κ1) is 19.6. The Bertz CT molecular complexity index is 947. The molecule has 0 aliphatic carbocycles. The zero-order valence-corrected chi connectivity index (χ0v) is 16.4. The van der Waals surface area contributed by atoms with E-state index in [0.717, 1.165) is 11.3 Å². The van der Waals surface area contributed by atoms with Crippen molar-refractivity contribution in [2.45, 2.75) is 32.6 Å². The third-order valence-electron chi connectivity index (χ3n) is 4.55.